The van der Waals surface area contributed by atoms with Crippen molar-refractivity contribution in [3.05, 3.63) is 0 Å². The lowest BCUT2D eigenvalue weighted by Gasteiger charge is -2.44. The normalized spacial score (nSPS) is 29.2. The fourth-order valence-electron chi connectivity index (χ4n) is 2.33. The maximum atomic E-state index is 12.2. The van der Waals surface area contributed by atoms with Gasteiger partial charge in [0.25, 0.3) is 0 Å². The summed E-state index contributed by atoms with van der Waals surface area (Å²) in [6.07, 6.45) is 1.52. The van der Waals surface area contributed by atoms with Crippen molar-refractivity contribution in [2.75, 3.05) is 13.2 Å². The molecule has 0 aliphatic heterocycles. The molecule has 3 N–H and O–H groups in total. The van der Waals surface area contributed by atoms with Crippen molar-refractivity contribution in [2.45, 2.75) is 39.7 Å². The molecule has 0 aromatic heterocycles. The van der Waals surface area contributed by atoms with Crippen LogP contribution in [0.4, 0.5) is 0 Å². The molecule has 1 rings (SSSR count). The molecular weight excluding hydrogens is 236 g/mol. The van der Waals surface area contributed by atoms with E-state index in [1.54, 1.807) is 0 Å². The third-order valence-electron chi connectivity index (χ3n) is 3.25. The maximum absolute atomic E-state index is 12.2. The van der Waals surface area contributed by atoms with Crippen LogP contribution in [0.2, 0.25) is 0 Å². The van der Waals surface area contributed by atoms with Gasteiger partial charge in [0.15, 0.2) is 0 Å². The Morgan fingerprint density at radius 2 is 2.24 bits per heavy atom. The van der Waals surface area contributed by atoms with Gasteiger partial charge in [-0.25, -0.2) is 0 Å². The summed E-state index contributed by atoms with van der Waals surface area (Å²) in [5, 5.41) is 2.93. The Labute approximate surface area is 108 Å². The Morgan fingerprint density at radius 3 is 2.65 bits per heavy atom. The maximum Gasteiger partial charge on any atom is 0.233 e. The molecule has 17 heavy (non-hydrogen) atoms. The molecule has 0 aromatic carbocycles. The van der Waals surface area contributed by atoms with Crippen molar-refractivity contribution in [1.29, 1.82) is 0 Å². The quantitative estimate of drug-likeness (QED) is 0.703. The second-order valence-corrected chi connectivity index (χ2v) is 5.43. The first-order valence-electron chi connectivity index (χ1n) is 6.11. The largest absolute Gasteiger partial charge is 0.392 e. The first kappa shape index (κ1) is 14.4. The highest BCUT2D eigenvalue weighted by Crippen LogP contribution is 2.46. The van der Waals surface area contributed by atoms with Crippen molar-refractivity contribution in [3.63, 3.8) is 0 Å². The summed E-state index contributed by atoms with van der Waals surface area (Å²) in [5.41, 5.74) is 5.10. The second kappa shape index (κ2) is 5.78. The van der Waals surface area contributed by atoms with Crippen LogP contribution in [0.5, 0.6) is 0 Å². The molecule has 0 aromatic rings. The van der Waals surface area contributed by atoms with Gasteiger partial charge in [0.05, 0.1) is 17.0 Å². The molecule has 0 saturated heterocycles. The molecule has 1 saturated carbocycles. The van der Waals surface area contributed by atoms with Crippen molar-refractivity contribution in [2.24, 2.45) is 17.1 Å². The van der Waals surface area contributed by atoms with Gasteiger partial charge < -0.3 is 15.8 Å². The van der Waals surface area contributed by atoms with E-state index in [4.69, 9.17) is 22.7 Å². The van der Waals surface area contributed by atoms with Crippen molar-refractivity contribution in [1.82, 2.24) is 5.32 Å². The SMILES string of the molecule is CCOCC(C)NC(=O)C1(C(N)=S)CC(C)C1. The molecular formula is C12H22N2O2S. The van der Waals surface area contributed by atoms with E-state index in [0.717, 1.165) is 12.8 Å². The van der Waals surface area contributed by atoms with E-state index in [1.165, 1.54) is 0 Å². The topological polar surface area (TPSA) is 64.3 Å². The molecule has 0 heterocycles. The van der Waals surface area contributed by atoms with E-state index in [0.29, 0.717) is 24.1 Å². The summed E-state index contributed by atoms with van der Waals surface area (Å²) in [6.45, 7) is 7.12. The average Bonchev–Trinajstić information content (AvgIpc) is 2.20. The molecule has 1 aliphatic carbocycles. The minimum Gasteiger partial charge on any atom is -0.392 e. The summed E-state index contributed by atoms with van der Waals surface area (Å²) in [7, 11) is 0. The first-order chi connectivity index (χ1) is 7.92. The predicted molar refractivity (Wildman–Crippen MR) is 71.7 cm³/mol. The van der Waals surface area contributed by atoms with Crippen LogP contribution in [0, 0.1) is 11.3 Å². The van der Waals surface area contributed by atoms with E-state index in [-0.39, 0.29) is 11.9 Å². The van der Waals surface area contributed by atoms with Crippen LogP contribution < -0.4 is 11.1 Å². The number of rotatable bonds is 6. The van der Waals surface area contributed by atoms with Crippen LogP contribution in [0.1, 0.15) is 33.6 Å². The third-order valence-corrected chi connectivity index (χ3v) is 3.64. The highest BCUT2D eigenvalue weighted by molar-refractivity contribution is 7.80. The number of ether oxygens (including phenoxy) is 1. The van der Waals surface area contributed by atoms with E-state index in [1.807, 2.05) is 13.8 Å². The number of hydrogen-bond donors (Lipinski definition) is 2. The fourth-order valence-corrected chi connectivity index (χ4v) is 2.59. The number of nitrogens with one attached hydrogen (secondary N) is 1. The summed E-state index contributed by atoms with van der Waals surface area (Å²) in [4.78, 5) is 12.5. The van der Waals surface area contributed by atoms with E-state index >= 15 is 0 Å². The minimum atomic E-state index is -0.616. The predicted octanol–water partition coefficient (Wildman–Crippen LogP) is 1.23. The molecule has 1 amide bonds. The average molecular weight is 258 g/mol. The van der Waals surface area contributed by atoms with Gasteiger partial charge in [-0.05, 0) is 32.6 Å². The number of carbonyl (C=O) groups is 1. The van der Waals surface area contributed by atoms with Crippen LogP contribution in [-0.2, 0) is 9.53 Å². The lowest BCUT2D eigenvalue weighted by Crippen LogP contribution is -2.57. The fraction of sp³-hybridized carbons (Fsp3) is 0.833. The van der Waals surface area contributed by atoms with Crippen LogP contribution in [0.15, 0.2) is 0 Å². The Morgan fingerprint density at radius 1 is 1.65 bits per heavy atom. The lowest BCUT2D eigenvalue weighted by atomic mass is 9.62. The zero-order valence-corrected chi connectivity index (χ0v) is 11.6. The highest BCUT2D eigenvalue weighted by Gasteiger charge is 2.50. The van der Waals surface area contributed by atoms with Gasteiger partial charge in [0.1, 0.15) is 0 Å². The summed E-state index contributed by atoms with van der Waals surface area (Å²) >= 11 is 5.04. The minimum absolute atomic E-state index is 0.00965. The molecule has 1 atom stereocenters. The number of nitrogens with two attached hydrogens (primary N) is 1. The van der Waals surface area contributed by atoms with E-state index < -0.39 is 5.41 Å². The molecule has 1 unspecified atom stereocenters. The molecule has 4 nitrogen and oxygen atoms in total. The third kappa shape index (κ3) is 3.16. The van der Waals surface area contributed by atoms with Gasteiger partial charge in [-0.3, -0.25) is 4.79 Å². The number of amides is 1. The molecule has 0 spiro atoms. The highest BCUT2D eigenvalue weighted by atomic mass is 32.1. The van der Waals surface area contributed by atoms with Gasteiger partial charge in [-0.15, -0.1) is 0 Å². The van der Waals surface area contributed by atoms with Crippen LogP contribution in [-0.4, -0.2) is 30.2 Å². The first-order valence-corrected chi connectivity index (χ1v) is 6.51. The standard InChI is InChI=1S/C12H22N2O2S/c1-4-16-7-9(3)14-11(15)12(10(13)17)5-8(2)6-12/h8-9H,4-7H2,1-3H3,(H2,13,17)(H,14,15). The lowest BCUT2D eigenvalue weighted by molar-refractivity contribution is -0.133. The van der Waals surface area contributed by atoms with Gasteiger partial charge in [-0.1, -0.05) is 19.1 Å². The summed E-state index contributed by atoms with van der Waals surface area (Å²) in [5.74, 6) is 0.472. The zero-order chi connectivity index (χ0) is 13.1. The molecule has 0 radical (unpaired) electrons. The van der Waals surface area contributed by atoms with Crippen LogP contribution in [0.25, 0.3) is 0 Å². The zero-order valence-electron chi connectivity index (χ0n) is 10.8. The van der Waals surface area contributed by atoms with Gasteiger partial charge >= 0.3 is 0 Å². The molecule has 98 valence electrons. The Kier molecular flexibility index (Phi) is 4.89. The summed E-state index contributed by atoms with van der Waals surface area (Å²) < 4.78 is 5.26. The van der Waals surface area contributed by atoms with Gasteiger partial charge in [0.2, 0.25) is 5.91 Å². The number of carbonyl (C=O) groups excluding carboxylic acids is 1. The Bertz CT molecular complexity index is 301. The van der Waals surface area contributed by atoms with Gasteiger partial charge in [-0.2, -0.15) is 0 Å². The number of hydrogen-bond acceptors (Lipinski definition) is 3. The van der Waals surface area contributed by atoms with Crippen LogP contribution in [0.3, 0.4) is 0 Å². The second-order valence-electron chi connectivity index (χ2n) is 4.99. The van der Waals surface area contributed by atoms with Crippen molar-refractivity contribution < 1.29 is 9.53 Å². The van der Waals surface area contributed by atoms with Gasteiger partial charge in [0, 0.05) is 12.6 Å². The van der Waals surface area contributed by atoms with Crippen molar-refractivity contribution in [3.8, 4) is 0 Å². The van der Waals surface area contributed by atoms with Crippen LogP contribution >= 0.6 is 12.2 Å². The molecule has 5 heteroatoms. The molecule has 0 bridgehead atoms. The number of thiocarbonyl (C=S) groups is 1. The Hall–Kier alpha value is -0.680. The van der Waals surface area contributed by atoms with Crippen molar-refractivity contribution >= 4 is 23.1 Å². The molecule has 1 fully saturated rings. The van der Waals surface area contributed by atoms with E-state index in [9.17, 15) is 4.79 Å². The van der Waals surface area contributed by atoms with E-state index in [2.05, 4.69) is 12.2 Å². The smallest absolute Gasteiger partial charge is 0.233 e. The monoisotopic (exact) mass is 258 g/mol. The molecule has 1 aliphatic rings. The summed E-state index contributed by atoms with van der Waals surface area (Å²) in [6, 6.07) is -0.00965. The Balaban J connectivity index is 2.53.